The number of pyridine rings is 2. The quantitative estimate of drug-likeness (QED) is 0.353. The summed E-state index contributed by atoms with van der Waals surface area (Å²) in [5.41, 5.74) is 2.08. The number of nitrogens with zero attached hydrogens (tertiary/aromatic N) is 7. The number of carbonyl (C=O) groups excluding carboxylic acids is 2. The van der Waals surface area contributed by atoms with Crippen LogP contribution in [-0.2, 0) is 17.5 Å². The van der Waals surface area contributed by atoms with Gasteiger partial charge in [0, 0.05) is 68.4 Å². The molecule has 0 atom stereocenters. The monoisotopic (exact) mass is 582 g/mol. The van der Waals surface area contributed by atoms with Crippen LogP contribution in [0.1, 0.15) is 28.8 Å². The molecule has 2 aliphatic rings. The topological polar surface area (TPSA) is 110 Å². The molecule has 1 saturated heterocycles. The molecule has 1 saturated carbocycles. The summed E-state index contributed by atoms with van der Waals surface area (Å²) >= 11 is 0. The molecule has 0 bridgehead atoms. The fraction of sp³-hybridized carbons (Fsp3) is 0.393. The van der Waals surface area contributed by atoms with Gasteiger partial charge >= 0.3 is 12.2 Å². The number of rotatable bonds is 7. The molecule has 1 spiro atoms. The number of methoxy groups -OCH3 is 1. The first-order chi connectivity index (χ1) is 20.0. The number of ether oxygens (including phenoxy) is 1. The number of alkyl halides is 3. The predicted molar refractivity (Wildman–Crippen MR) is 146 cm³/mol. The number of carbonyl (C=O) groups is 2. The van der Waals surface area contributed by atoms with Crippen LogP contribution in [0.2, 0.25) is 0 Å². The second kappa shape index (κ2) is 10.4. The maximum Gasteiger partial charge on any atom is 0.417 e. The van der Waals surface area contributed by atoms with E-state index in [0.717, 1.165) is 17.2 Å². The van der Waals surface area contributed by atoms with E-state index in [9.17, 15) is 22.8 Å². The van der Waals surface area contributed by atoms with Crippen molar-refractivity contribution in [1.29, 1.82) is 0 Å². The molecule has 1 aliphatic carbocycles. The van der Waals surface area contributed by atoms with E-state index in [4.69, 9.17) is 4.74 Å². The van der Waals surface area contributed by atoms with Gasteiger partial charge in [-0.3, -0.25) is 14.5 Å². The number of aromatic nitrogens is 5. The van der Waals surface area contributed by atoms with E-state index in [1.54, 1.807) is 36.0 Å². The van der Waals surface area contributed by atoms with Crippen molar-refractivity contribution in [3.63, 3.8) is 0 Å². The van der Waals surface area contributed by atoms with Crippen LogP contribution in [0.5, 0.6) is 0 Å². The Morgan fingerprint density at radius 2 is 1.88 bits per heavy atom. The van der Waals surface area contributed by atoms with Crippen molar-refractivity contribution in [2.75, 3.05) is 39.2 Å². The van der Waals surface area contributed by atoms with Gasteiger partial charge in [-0.25, -0.2) is 9.31 Å². The van der Waals surface area contributed by atoms with E-state index >= 15 is 0 Å². The van der Waals surface area contributed by atoms with Crippen LogP contribution in [0, 0.1) is 5.41 Å². The summed E-state index contributed by atoms with van der Waals surface area (Å²) in [5.74, 6) is -0.0950. The smallest absolute Gasteiger partial charge is 0.383 e. The number of urea groups is 1. The Hall–Kier alpha value is -4.46. The third-order valence-corrected chi connectivity index (χ3v) is 8.10. The van der Waals surface area contributed by atoms with E-state index in [1.165, 1.54) is 11.1 Å². The fourth-order valence-electron chi connectivity index (χ4n) is 5.73. The van der Waals surface area contributed by atoms with Crippen LogP contribution in [-0.4, -0.2) is 86.0 Å². The molecule has 11 nitrogen and oxygen atoms in total. The summed E-state index contributed by atoms with van der Waals surface area (Å²) in [6, 6.07) is 4.10. The van der Waals surface area contributed by atoms with Crippen molar-refractivity contribution in [2.24, 2.45) is 5.41 Å². The lowest BCUT2D eigenvalue weighted by atomic mass is 9.60. The van der Waals surface area contributed by atoms with Gasteiger partial charge in [-0.1, -0.05) is 6.07 Å². The molecule has 0 unspecified atom stereocenters. The molecule has 42 heavy (non-hydrogen) atoms. The minimum Gasteiger partial charge on any atom is -0.383 e. The van der Waals surface area contributed by atoms with Crippen molar-refractivity contribution >= 4 is 23.1 Å². The Labute approximate surface area is 238 Å². The Bertz CT molecular complexity index is 1630. The zero-order valence-corrected chi connectivity index (χ0v) is 23.0. The second-order valence-corrected chi connectivity index (χ2v) is 11.0. The van der Waals surface area contributed by atoms with Gasteiger partial charge in [0.2, 0.25) is 0 Å². The van der Waals surface area contributed by atoms with Crippen LogP contribution in [0.15, 0.2) is 55.4 Å². The third-order valence-electron chi connectivity index (χ3n) is 8.10. The molecule has 1 N–H and O–H groups in total. The molecule has 0 aromatic carbocycles. The van der Waals surface area contributed by atoms with Gasteiger partial charge in [0.05, 0.1) is 54.1 Å². The van der Waals surface area contributed by atoms with Gasteiger partial charge in [0.25, 0.3) is 5.91 Å². The number of fused-ring (bicyclic) bond motifs is 1. The van der Waals surface area contributed by atoms with Gasteiger partial charge < -0.3 is 19.9 Å². The van der Waals surface area contributed by atoms with E-state index < -0.39 is 17.8 Å². The van der Waals surface area contributed by atoms with Crippen LogP contribution in [0.3, 0.4) is 0 Å². The SMILES string of the molecule is COCCn1cc(-c2ccc3c(C(=O)N4CC5(CC(N(C)C(=O)Nc6cncc(C(F)(F)F)c6)C5)C4)cnn3c2)cn1. The molecular weight excluding hydrogens is 553 g/mol. The van der Waals surface area contributed by atoms with E-state index in [2.05, 4.69) is 20.5 Å². The molecule has 6 rings (SSSR count). The van der Waals surface area contributed by atoms with Crippen LogP contribution in [0.4, 0.5) is 23.7 Å². The average molecular weight is 583 g/mol. The number of hydrogen-bond donors (Lipinski definition) is 1. The number of likely N-dealkylation sites (tertiary alicyclic amines) is 1. The molecule has 220 valence electrons. The minimum absolute atomic E-state index is 0.0196. The highest BCUT2D eigenvalue weighted by atomic mass is 19.4. The first kappa shape index (κ1) is 27.7. The Morgan fingerprint density at radius 3 is 2.62 bits per heavy atom. The average Bonchev–Trinajstić information content (AvgIpc) is 3.56. The highest BCUT2D eigenvalue weighted by Gasteiger charge is 2.55. The van der Waals surface area contributed by atoms with Gasteiger partial charge in [0.15, 0.2) is 0 Å². The molecule has 4 aromatic heterocycles. The second-order valence-electron chi connectivity index (χ2n) is 11.0. The van der Waals surface area contributed by atoms with Gasteiger partial charge in [0.1, 0.15) is 0 Å². The normalized spacial score (nSPS) is 16.4. The van der Waals surface area contributed by atoms with Crippen LogP contribution < -0.4 is 5.32 Å². The van der Waals surface area contributed by atoms with Crippen molar-refractivity contribution in [3.8, 4) is 11.1 Å². The Morgan fingerprint density at radius 1 is 1.10 bits per heavy atom. The Kier molecular flexibility index (Phi) is 6.87. The zero-order valence-electron chi connectivity index (χ0n) is 23.0. The molecular formula is C28H29F3N8O3. The lowest BCUT2D eigenvalue weighted by Crippen LogP contribution is -2.67. The first-order valence-corrected chi connectivity index (χ1v) is 13.4. The molecule has 2 fully saturated rings. The molecule has 4 aromatic rings. The summed E-state index contributed by atoms with van der Waals surface area (Å²) in [6.07, 6.45) is 5.92. The predicted octanol–water partition coefficient (Wildman–Crippen LogP) is 4.03. The minimum atomic E-state index is -4.55. The molecule has 1 aliphatic heterocycles. The highest BCUT2D eigenvalue weighted by Crippen LogP contribution is 2.50. The molecule has 0 radical (unpaired) electrons. The van der Waals surface area contributed by atoms with E-state index in [0.29, 0.717) is 56.4 Å². The van der Waals surface area contributed by atoms with E-state index in [1.807, 2.05) is 29.2 Å². The lowest BCUT2D eigenvalue weighted by Gasteiger charge is -2.60. The number of halogens is 3. The van der Waals surface area contributed by atoms with Crippen LogP contribution in [0.25, 0.3) is 16.6 Å². The van der Waals surface area contributed by atoms with Gasteiger partial charge in [-0.2, -0.15) is 23.4 Å². The van der Waals surface area contributed by atoms with Crippen molar-refractivity contribution in [3.05, 3.63) is 66.5 Å². The van der Waals surface area contributed by atoms with Crippen LogP contribution >= 0.6 is 0 Å². The number of amides is 3. The van der Waals surface area contributed by atoms with Crippen molar-refractivity contribution in [2.45, 2.75) is 31.6 Å². The summed E-state index contributed by atoms with van der Waals surface area (Å²) in [7, 11) is 3.26. The van der Waals surface area contributed by atoms with Gasteiger partial charge in [-0.15, -0.1) is 0 Å². The first-order valence-electron chi connectivity index (χ1n) is 13.4. The fourth-order valence-corrected chi connectivity index (χ4v) is 5.73. The Balaban J connectivity index is 1.03. The highest BCUT2D eigenvalue weighted by molar-refractivity contribution is 6.01. The summed E-state index contributed by atoms with van der Waals surface area (Å²) in [5, 5.41) is 11.2. The molecule has 5 heterocycles. The molecule has 3 amide bonds. The zero-order chi connectivity index (χ0) is 29.6. The summed E-state index contributed by atoms with van der Waals surface area (Å²) in [4.78, 5) is 32.8. The van der Waals surface area contributed by atoms with E-state index in [-0.39, 0.29) is 23.1 Å². The number of hydrogen-bond acceptors (Lipinski definition) is 6. The van der Waals surface area contributed by atoms with Crippen molar-refractivity contribution < 1.29 is 27.5 Å². The van der Waals surface area contributed by atoms with Crippen molar-refractivity contribution in [1.82, 2.24) is 34.2 Å². The number of anilines is 1. The maximum absolute atomic E-state index is 13.3. The standard InChI is InChI=1S/C28H29F3N8O3/c1-36(26(41)35-21-7-20(11-32-12-21)28(29,30)31)22-8-27(9-22)16-37(17-27)25(40)23-13-34-39-15-18(3-4-24(23)39)19-10-33-38(14-19)5-6-42-2/h3-4,7,10-15,22H,5-6,8-9,16-17H2,1-2H3,(H,35,41). The molecule has 14 heteroatoms. The number of nitrogens with one attached hydrogen (secondary N) is 1. The summed E-state index contributed by atoms with van der Waals surface area (Å²) < 4.78 is 47.5. The largest absolute Gasteiger partial charge is 0.417 e. The van der Waals surface area contributed by atoms with Gasteiger partial charge in [-0.05, 0) is 25.0 Å². The lowest BCUT2D eigenvalue weighted by molar-refractivity contribution is -0.137. The maximum atomic E-state index is 13.3. The summed E-state index contributed by atoms with van der Waals surface area (Å²) in [6.45, 7) is 2.37. The third kappa shape index (κ3) is 5.17.